The van der Waals surface area contributed by atoms with Crippen molar-refractivity contribution in [3.63, 3.8) is 0 Å². The van der Waals surface area contributed by atoms with Gasteiger partial charge in [-0.2, -0.15) is 5.10 Å². The van der Waals surface area contributed by atoms with E-state index in [1.165, 1.54) is 25.0 Å². The molecule has 1 N–H and O–H groups in total. The largest absolute Gasteiger partial charge is 0.378 e. The number of nitrogens with zero attached hydrogens (tertiary/aromatic N) is 2. The molecule has 4 nitrogen and oxygen atoms in total. The van der Waals surface area contributed by atoms with E-state index in [9.17, 15) is 0 Å². The van der Waals surface area contributed by atoms with Crippen LogP contribution in [0, 0.1) is 6.92 Å². The molecule has 5 heteroatoms. The van der Waals surface area contributed by atoms with Crippen molar-refractivity contribution in [3.05, 3.63) is 15.9 Å². The summed E-state index contributed by atoms with van der Waals surface area (Å²) >= 11 is 3.67. The summed E-state index contributed by atoms with van der Waals surface area (Å²) in [6.45, 7) is 6.17. The van der Waals surface area contributed by atoms with Crippen molar-refractivity contribution in [3.8, 4) is 0 Å². The van der Waals surface area contributed by atoms with Crippen molar-refractivity contribution >= 4 is 15.9 Å². The summed E-state index contributed by atoms with van der Waals surface area (Å²) in [5, 5.41) is 8.11. The molecule has 1 saturated heterocycles. The van der Waals surface area contributed by atoms with Gasteiger partial charge in [0.1, 0.15) is 0 Å². The standard InChI is InChI=1S/C16H28BrN3O/c1-4-18-13(8-9-14-7-5-6-10-21-14)11-15-16(17)12(2)19-20(15)3/h13-14,18H,4-11H2,1-3H3. The first-order chi connectivity index (χ1) is 10.1. The van der Waals surface area contributed by atoms with Crippen molar-refractivity contribution in [1.82, 2.24) is 15.1 Å². The van der Waals surface area contributed by atoms with Gasteiger partial charge in [0.25, 0.3) is 0 Å². The van der Waals surface area contributed by atoms with Crippen LogP contribution in [0.25, 0.3) is 0 Å². The van der Waals surface area contributed by atoms with Crippen LogP contribution in [0.15, 0.2) is 4.47 Å². The van der Waals surface area contributed by atoms with E-state index in [1.807, 2.05) is 18.7 Å². The number of halogens is 1. The van der Waals surface area contributed by atoms with Gasteiger partial charge in [-0.3, -0.25) is 4.68 Å². The molecule has 0 spiro atoms. The number of likely N-dealkylation sites (N-methyl/N-ethyl adjacent to an activating group) is 1. The molecule has 0 saturated carbocycles. The van der Waals surface area contributed by atoms with Crippen LogP contribution >= 0.6 is 15.9 Å². The van der Waals surface area contributed by atoms with Gasteiger partial charge < -0.3 is 10.1 Å². The van der Waals surface area contributed by atoms with Crippen LogP contribution in [0.5, 0.6) is 0 Å². The van der Waals surface area contributed by atoms with Crippen molar-refractivity contribution < 1.29 is 4.74 Å². The molecule has 1 aromatic rings. The van der Waals surface area contributed by atoms with Crippen LogP contribution in [0.4, 0.5) is 0 Å². The van der Waals surface area contributed by atoms with Gasteiger partial charge in [0.2, 0.25) is 0 Å². The quantitative estimate of drug-likeness (QED) is 0.812. The van der Waals surface area contributed by atoms with E-state index in [0.717, 1.165) is 42.6 Å². The lowest BCUT2D eigenvalue weighted by Gasteiger charge is -2.25. The summed E-state index contributed by atoms with van der Waals surface area (Å²) < 4.78 is 9.01. The summed E-state index contributed by atoms with van der Waals surface area (Å²) in [6, 6.07) is 0.492. The molecule has 0 bridgehead atoms. The lowest BCUT2D eigenvalue weighted by Crippen LogP contribution is -2.33. The Morgan fingerprint density at radius 2 is 2.29 bits per heavy atom. The molecule has 0 radical (unpaired) electrons. The summed E-state index contributed by atoms with van der Waals surface area (Å²) in [5.41, 5.74) is 2.35. The van der Waals surface area contributed by atoms with E-state index in [2.05, 4.69) is 33.3 Å². The Bertz CT molecular complexity index is 441. The maximum absolute atomic E-state index is 5.85. The molecule has 2 rings (SSSR count). The van der Waals surface area contributed by atoms with E-state index in [1.54, 1.807) is 0 Å². The van der Waals surface area contributed by atoms with Crippen LogP contribution in [-0.2, 0) is 18.2 Å². The van der Waals surface area contributed by atoms with Gasteiger partial charge in [0.05, 0.1) is 22.0 Å². The summed E-state index contributed by atoms with van der Waals surface area (Å²) in [6.07, 6.45) is 7.58. The highest BCUT2D eigenvalue weighted by molar-refractivity contribution is 9.10. The third kappa shape index (κ3) is 4.80. The fourth-order valence-corrected chi connectivity index (χ4v) is 3.62. The molecule has 120 valence electrons. The number of ether oxygens (including phenoxy) is 1. The molecular weight excluding hydrogens is 330 g/mol. The average Bonchev–Trinajstić information content (AvgIpc) is 2.72. The van der Waals surface area contributed by atoms with Gasteiger partial charge in [-0.05, 0) is 61.5 Å². The number of aromatic nitrogens is 2. The first-order valence-corrected chi connectivity index (χ1v) is 8.94. The molecule has 2 atom stereocenters. The molecule has 0 amide bonds. The van der Waals surface area contributed by atoms with Gasteiger partial charge in [0.15, 0.2) is 0 Å². The minimum absolute atomic E-state index is 0.469. The topological polar surface area (TPSA) is 39.1 Å². The first-order valence-electron chi connectivity index (χ1n) is 8.14. The Morgan fingerprint density at radius 3 is 2.86 bits per heavy atom. The maximum Gasteiger partial charge on any atom is 0.0738 e. The molecule has 1 aliphatic heterocycles. The molecule has 1 aliphatic rings. The Labute approximate surface area is 136 Å². The van der Waals surface area contributed by atoms with Crippen molar-refractivity contribution in [2.45, 2.75) is 64.5 Å². The minimum atomic E-state index is 0.469. The summed E-state index contributed by atoms with van der Waals surface area (Å²) in [7, 11) is 2.03. The predicted molar refractivity (Wildman–Crippen MR) is 89.6 cm³/mol. The van der Waals surface area contributed by atoms with Crippen LogP contribution in [0.2, 0.25) is 0 Å². The number of hydrogen-bond donors (Lipinski definition) is 1. The second-order valence-electron chi connectivity index (χ2n) is 5.99. The van der Waals surface area contributed by atoms with E-state index in [0.29, 0.717) is 12.1 Å². The van der Waals surface area contributed by atoms with Crippen molar-refractivity contribution in [1.29, 1.82) is 0 Å². The van der Waals surface area contributed by atoms with E-state index >= 15 is 0 Å². The average molecular weight is 358 g/mol. The Morgan fingerprint density at radius 1 is 1.48 bits per heavy atom. The number of rotatable bonds is 7. The Balaban J connectivity index is 1.91. The van der Waals surface area contributed by atoms with Crippen LogP contribution in [0.1, 0.15) is 50.4 Å². The zero-order chi connectivity index (χ0) is 15.2. The van der Waals surface area contributed by atoms with Gasteiger partial charge in [-0.25, -0.2) is 0 Å². The van der Waals surface area contributed by atoms with E-state index < -0.39 is 0 Å². The third-order valence-corrected chi connectivity index (χ3v) is 5.34. The lowest BCUT2D eigenvalue weighted by atomic mass is 9.99. The molecule has 1 aromatic heterocycles. The van der Waals surface area contributed by atoms with Gasteiger partial charge in [-0.1, -0.05) is 6.92 Å². The van der Waals surface area contributed by atoms with Crippen LogP contribution < -0.4 is 5.32 Å². The van der Waals surface area contributed by atoms with Gasteiger partial charge >= 0.3 is 0 Å². The van der Waals surface area contributed by atoms with Crippen molar-refractivity contribution in [2.75, 3.05) is 13.2 Å². The summed E-state index contributed by atoms with van der Waals surface area (Å²) in [4.78, 5) is 0. The second kappa shape index (κ2) is 8.30. The second-order valence-corrected chi connectivity index (χ2v) is 6.79. The van der Waals surface area contributed by atoms with Crippen LogP contribution in [0.3, 0.4) is 0 Å². The summed E-state index contributed by atoms with van der Waals surface area (Å²) in [5.74, 6) is 0. The zero-order valence-electron chi connectivity index (χ0n) is 13.5. The van der Waals surface area contributed by atoms with Gasteiger partial charge in [-0.15, -0.1) is 0 Å². The van der Waals surface area contributed by atoms with Gasteiger partial charge in [0, 0.05) is 26.1 Å². The highest BCUT2D eigenvalue weighted by Crippen LogP contribution is 2.23. The SMILES string of the molecule is CCNC(CCC1CCCCO1)Cc1c(Br)c(C)nn1C. The molecule has 2 unspecified atom stereocenters. The highest BCUT2D eigenvalue weighted by atomic mass is 79.9. The molecule has 21 heavy (non-hydrogen) atoms. The van der Waals surface area contributed by atoms with Crippen molar-refractivity contribution in [2.24, 2.45) is 7.05 Å². The third-order valence-electron chi connectivity index (χ3n) is 4.31. The fraction of sp³-hybridized carbons (Fsp3) is 0.812. The minimum Gasteiger partial charge on any atom is -0.378 e. The number of nitrogens with one attached hydrogen (secondary N) is 1. The first kappa shape index (κ1) is 17.0. The molecule has 2 heterocycles. The highest BCUT2D eigenvalue weighted by Gasteiger charge is 2.19. The molecule has 0 aliphatic carbocycles. The number of hydrogen-bond acceptors (Lipinski definition) is 3. The van der Waals surface area contributed by atoms with E-state index in [-0.39, 0.29) is 0 Å². The normalized spacial score (nSPS) is 20.7. The smallest absolute Gasteiger partial charge is 0.0738 e. The maximum atomic E-state index is 5.85. The molecule has 1 fully saturated rings. The van der Waals surface area contributed by atoms with Crippen LogP contribution in [-0.4, -0.2) is 35.1 Å². The predicted octanol–water partition coefficient (Wildman–Crippen LogP) is 3.36. The Kier molecular flexibility index (Phi) is 6.71. The molecular formula is C16H28BrN3O. The molecule has 0 aromatic carbocycles. The fourth-order valence-electron chi connectivity index (χ4n) is 3.12. The Hall–Kier alpha value is -0.390. The monoisotopic (exact) mass is 357 g/mol. The number of aryl methyl sites for hydroxylation is 2. The zero-order valence-corrected chi connectivity index (χ0v) is 15.1. The van der Waals surface area contributed by atoms with E-state index in [4.69, 9.17) is 4.74 Å². The lowest BCUT2D eigenvalue weighted by molar-refractivity contribution is 0.00858.